The second kappa shape index (κ2) is 6.69. The van der Waals surface area contributed by atoms with Crippen LogP contribution in [0, 0.1) is 22.7 Å². The molecule has 0 unspecified atom stereocenters. The van der Waals surface area contributed by atoms with E-state index in [9.17, 15) is 14.7 Å². The van der Waals surface area contributed by atoms with Crippen molar-refractivity contribution in [3.63, 3.8) is 0 Å². The van der Waals surface area contributed by atoms with Crippen molar-refractivity contribution in [1.29, 1.82) is 0 Å². The van der Waals surface area contributed by atoms with Crippen molar-refractivity contribution in [1.82, 2.24) is 0 Å². The fourth-order valence-electron chi connectivity index (χ4n) is 6.01. The normalized spacial score (nSPS) is 34.0. The first-order valence-electron chi connectivity index (χ1n) is 10.5. The van der Waals surface area contributed by atoms with E-state index in [0.29, 0.717) is 36.6 Å². The summed E-state index contributed by atoms with van der Waals surface area (Å²) < 4.78 is 11.4. The van der Waals surface area contributed by atoms with Crippen LogP contribution in [0.25, 0.3) is 11.0 Å². The Kier molecular flexibility index (Phi) is 4.65. The third-order valence-corrected chi connectivity index (χ3v) is 7.77. The first-order valence-corrected chi connectivity index (χ1v) is 10.5. The molecule has 0 saturated heterocycles. The van der Waals surface area contributed by atoms with Gasteiger partial charge in [-0.05, 0) is 55.7 Å². The van der Waals surface area contributed by atoms with E-state index >= 15 is 0 Å². The Balaban J connectivity index is 1.62. The molecule has 2 saturated carbocycles. The lowest BCUT2D eigenvalue weighted by Crippen LogP contribution is -2.61. The van der Waals surface area contributed by atoms with Crippen LogP contribution in [0.2, 0.25) is 0 Å². The molecule has 1 aromatic heterocycles. The van der Waals surface area contributed by atoms with Crippen molar-refractivity contribution in [2.75, 3.05) is 6.61 Å². The maximum absolute atomic E-state index is 12.6. The lowest BCUT2D eigenvalue weighted by Gasteiger charge is -2.60. The van der Waals surface area contributed by atoms with Gasteiger partial charge in [-0.1, -0.05) is 20.8 Å². The minimum Gasteiger partial charge on any atom is -0.493 e. The molecular formula is C24H30O5. The molecule has 156 valence electrons. The molecule has 0 aliphatic heterocycles. The van der Waals surface area contributed by atoms with Gasteiger partial charge in [0.2, 0.25) is 0 Å². The number of hydrogen-bond acceptors (Lipinski definition) is 5. The minimum atomic E-state index is -0.856. The summed E-state index contributed by atoms with van der Waals surface area (Å²) in [6, 6.07) is 8.56. The quantitative estimate of drug-likeness (QED) is 0.778. The fraction of sp³-hybridized carbons (Fsp3) is 0.583. The lowest BCUT2D eigenvalue weighted by atomic mass is 9.45. The van der Waals surface area contributed by atoms with Gasteiger partial charge in [-0.2, -0.15) is 0 Å². The van der Waals surface area contributed by atoms with Gasteiger partial charge in [0.15, 0.2) is 0 Å². The zero-order chi connectivity index (χ0) is 21.0. The van der Waals surface area contributed by atoms with Crippen molar-refractivity contribution < 1.29 is 19.1 Å². The van der Waals surface area contributed by atoms with Crippen molar-refractivity contribution in [3.05, 3.63) is 40.8 Å². The Morgan fingerprint density at radius 2 is 1.83 bits per heavy atom. The monoisotopic (exact) mass is 398 g/mol. The molecule has 5 heteroatoms. The second-order valence-corrected chi connectivity index (χ2v) is 9.92. The molecule has 2 aliphatic rings. The maximum atomic E-state index is 12.6. The zero-order valence-electron chi connectivity index (χ0n) is 17.7. The van der Waals surface area contributed by atoms with E-state index in [0.717, 1.165) is 18.2 Å². The van der Waals surface area contributed by atoms with Crippen molar-refractivity contribution >= 4 is 16.8 Å². The number of ether oxygens (including phenoxy) is 1. The zero-order valence-corrected chi connectivity index (χ0v) is 17.7. The molecule has 29 heavy (non-hydrogen) atoms. The summed E-state index contributed by atoms with van der Waals surface area (Å²) >= 11 is 0. The fourth-order valence-corrected chi connectivity index (χ4v) is 6.01. The number of fused-ring (bicyclic) bond motifs is 2. The molecule has 4 rings (SSSR count). The number of carbonyl (C=O) groups is 1. The van der Waals surface area contributed by atoms with Crippen molar-refractivity contribution in [2.45, 2.75) is 59.0 Å². The average molecular weight is 398 g/mol. The van der Waals surface area contributed by atoms with Crippen LogP contribution in [0.3, 0.4) is 0 Å². The Morgan fingerprint density at radius 1 is 1.10 bits per heavy atom. The Labute approximate surface area is 171 Å². The molecule has 0 radical (unpaired) electrons. The van der Waals surface area contributed by atoms with E-state index in [-0.39, 0.29) is 22.7 Å². The lowest BCUT2D eigenvalue weighted by molar-refractivity contribution is -0.182. The van der Waals surface area contributed by atoms with Crippen LogP contribution in [-0.4, -0.2) is 23.1 Å². The summed E-state index contributed by atoms with van der Waals surface area (Å²) in [6.07, 6.45) is 2.83. The molecule has 4 atom stereocenters. The number of hydrogen-bond donors (Lipinski definition) is 1. The summed E-state index contributed by atoms with van der Waals surface area (Å²) in [4.78, 5) is 24.1. The van der Waals surface area contributed by atoms with Gasteiger partial charge >= 0.3 is 5.63 Å². The van der Waals surface area contributed by atoms with Crippen LogP contribution in [0.15, 0.2) is 39.5 Å². The average Bonchev–Trinajstić information content (AvgIpc) is 2.64. The number of carbonyl (C=O) groups excluding carboxylic acids is 1. The summed E-state index contributed by atoms with van der Waals surface area (Å²) in [5.74, 6) is 1.06. The summed E-state index contributed by atoms with van der Waals surface area (Å²) in [5, 5.41) is 12.1. The van der Waals surface area contributed by atoms with E-state index in [1.807, 2.05) is 19.1 Å². The molecule has 5 nitrogen and oxygen atoms in total. The van der Waals surface area contributed by atoms with E-state index in [1.54, 1.807) is 12.1 Å². The summed E-state index contributed by atoms with van der Waals surface area (Å²) in [7, 11) is 0. The molecule has 2 aliphatic carbocycles. The molecule has 2 aromatic rings. The molecule has 1 aromatic carbocycles. The van der Waals surface area contributed by atoms with Crippen LogP contribution in [0.5, 0.6) is 5.75 Å². The number of ketones is 1. The summed E-state index contributed by atoms with van der Waals surface area (Å²) in [5.41, 5.74) is -1.32. The highest BCUT2D eigenvalue weighted by molar-refractivity contribution is 5.85. The van der Waals surface area contributed by atoms with E-state index in [1.165, 1.54) is 6.07 Å². The van der Waals surface area contributed by atoms with E-state index in [2.05, 4.69) is 20.8 Å². The second-order valence-electron chi connectivity index (χ2n) is 9.92. The minimum absolute atomic E-state index is 0.0976. The van der Waals surface area contributed by atoms with Gasteiger partial charge in [0.05, 0.1) is 12.2 Å². The Hall–Kier alpha value is -2.14. The Morgan fingerprint density at radius 3 is 2.59 bits per heavy atom. The molecule has 0 bridgehead atoms. The molecular weight excluding hydrogens is 368 g/mol. The predicted molar refractivity (Wildman–Crippen MR) is 111 cm³/mol. The molecule has 1 heterocycles. The number of aliphatic hydroxyl groups is 1. The van der Waals surface area contributed by atoms with Crippen molar-refractivity contribution in [3.8, 4) is 5.75 Å². The van der Waals surface area contributed by atoms with Crippen LogP contribution >= 0.6 is 0 Å². The molecule has 0 amide bonds. The van der Waals surface area contributed by atoms with Crippen LogP contribution in [0.4, 0.5) is 0 Å². The highest BCUT2D eigenvalue weighted by Crippen LogP contribution is 2.60. The first kappa shape index (κ1) is 20.1. The highest BCUT2D eigenvalue weighted by Gasteiger charge is 2.60. The SMILES string of the molecule is CC1(C)C(=O)CC[C@]2(C)[C@@H]1CC[C@@](C)(O)[C@H]2COc1ccc2ccc(=O)oc2c1. The predicted octanol–water partition coefficient (Wildman–Crippen LogP) is 4.34. The van der Waals surface area contributed by atoms with Gasteiger partial charge < -0.3 is 14.3 Å². The molecule has 0 spiro atoms. The Bertz CT molecular complexity index is 1000. The van der Waals surface area contributed by atoms with Gasteiger partial charge in [-0.15, -0.1) is 0 Å². The van der Waals surface area contributed by atoms with E-state index < -0.39 is 11.2 Å². The van der Waals surface area contributed by atoms with Crippen molar-refractivity contribution in [2.24, 2.45) is 22.7 Å². The van der Waals surface area contributed by atoms with Gasteiger partial charge in [0.25, 0.3) is 0 Å². The largest absolute Gasteiger partial charge is 0.493 e. The molecule has 2 fully saturated rings. The number of rotatable bonds is 3. The van der Waals surface area contributed by atoms with Crippen LogP contribution in [-0.2, 0) is 4.79 Å². The van der Waals surface area contributed by atoms with Gasteiger partial charge in [-0.3, -0.25) is 4.79 Å². The number of benzene rings is 1. The topological polar surface area (TPSA) is 76.7 Å². The van der Waals surface area contributed by atoms with Crippen LogP contribution < -0.4 is 10.4 Å². The smallest absolute Gasteiger partial charge is 0.336 e. The standard InChI is InChI=1S/C24H30O5/c1-22(2)18-9-12-24(4,27)19(23(18,3)11-10-20(22)25)14-28-16-7-5-15-6-8-21(26)29-17(15)13-16/h5-8,13,18-19,27H,9-12,14H2,1-4H3/t18-,19+,23-,24-/m1/s1. The van der Waals surface area contributed by atoms with E-state index in [4.69, 9.17) is 9.15 Å². The van der Waals surface area contributed by atoms with Gasteiger partial charge in [0.1, 0.15) is 17.1 Å². The highest BCUT2D eigenvalue weighted by atomic mass is 16.5. The molecule has 1 N–H and O–H groups in total. The van der Waals surface area contributed by atoms with Crippen LogP contribution in [0.1, 0.15) is 53.4 Å². The van der Waals surface area contributed by atoms with Gasteiger partial charge in [0, 0.05) is 35.3 Å². The first-order chi connectivity index (χ1) is 13.5. The number of Topliss-reactive ketones (excluding diaryl/α,β-unsaturated/α-hetero) is 1. The third kappa shape index (κ3) is 3.29. The third-order valence-electron chi connectivity index (χ3n) is 7.77. The van der Waals surface area contributed by atoms with Gasteiger partial charge in [-0.25, -0.2) is 4.79 Å². The maximum Gasteiger partial charge on any atom is 0.336 e. The summed E-state index contributed by atoms with van der Waals surface area (Å²) in [6.45, 7) is 8.58.